The molecule has 0 fully saturated rings. The topological polar surface area (TPSA) is 20.2 Å². The van der Waals surface area contributed by atoms with E-state index in [0.29, 0.717) is 5.56 Å². The van der Waals surface area contributed by atoms with Crippen molar-refractivity contribution in [3.8, 4) is 0 Å². The standard InChI is InChI=1S/C16H12ClF3O/c17-14-8-4-7-13(11-14)15(21,16(18,19)20)10-9-12-5-2-1-3-6-12/h1-11,21H. The minimum Gasteiger partial charge on any atom is -0.373 e. The molecule has 5 heteroatoms. The number of aliphatic hydroxyl groups is 1. The first-order chi connectivity index (χ1) is 9.83. The Morgan fingerprint density at radius 2 is 1.62 bits per heavy atom. The highest BCUT2D eigenvalue weighted by Crippen LogP contribution is 2.41. The maximum Gasteiger partial charge on any atom is 0.425 e. The van der Waals surface area contributed by atoms with Crippen molar-refractivity contribution in [1.29, 1.82) is 0 Å². The number of hydrogen-bond donors (Lipinski definition) is 1. The third-order valence-corrected chi connectivity index (χ3v) is 3.25. The lowest BCUT2D eigenvalue weighted by atomic mass is 9.92. The van der Waals surface area contributed by atoms with Crippen LogP contribution in [0.25, 0.3) is 6.08 Å². The van der Waals surface area contributed by atoms with E-state index in [9.17, 15) is 18.3 Å². The fraction of sp³-hybridized carbons (Fsp3) is 0.125. The highest BCUT2D eigenvalue weighted by molar-refractivity contribution is 6.30. The van der Waals surface area contributed by atoms with E-state index in [1.54, 1.807) is 30.3 Å². The number of hydrogen-bond acceptors (Lipinski definition) is 1. The molecule has 2 aromatic carbocycles. The van der Waals surface area contributed by atoms with Crippen LogP contribution in [0.1, 0.15) is 11.1 Å². The molecule has 1 nitrogen and oxygen atoms in total. The van der Waals surface area contributed by atoms with Gasteiger partial charge >= 0.3 is 6.18 Å². The lowest BCUT2D eigenvalue weighted by Crippen LogP contribution is -2.40. The summed E-state index contributed by atoms with van der Waals surface area (Å²) in [7, 11) is 0. The predicted octanol–water partition coefficient (Wildman–Crippen LogP) is 4.80. The molecule has 0 aliphatic heterocycles. The minimum absolute atomic E-state index is 0.128. The van der Waals surface area contributed by atoms with E-state index in [1.807, 2.05) is 0 Å². The van der Waals surface area contributed by atoms with Crippen LogP contribution < -0.4 is 0 Å². The van der Waals surface area contributed by atoms with Gasteiger partial charge in [-0.05, 0) is 29.3 Å². The molecule has 0 aliphatic carbocycles. The van der Waals surface area contributed by atoms with Gasteiger partial charge in [0, 0.05) is 5.02 Å². The molecule has 1 atom stereocenters. The van der Waals surface area contributed by atoms with Crippen LogP contribution in [0.3, 0.4) is 0 Å². The van der Waals surface area contributed by atoms with Crippen molar-refractivity contribution in [2.75, 3.05) is 0 Å². The van der Waals surface area contributed by atoms with Crippen molar-refractivity contribution in [1.82, 2.24) is 0 Å². The Bertz CT molecular complexity index is 637. The van der Waals surface area contributed by atoms with Gasteiger partial charge in [-0.2, -0.15) is 13.2 Å². The molecule has 0 amide bonds. The maximum atomic E-state index is 13.3. The zero-order chi connectivity index (χ0) is 15.5. The fourth-order valence-electron chi connectivity index (χ4n) is 1.86. The molecule has 1 unspecified atom stereocenters. The van der Waals surface area contributed by atoms with E-state index in [0.717, 1.165) is 12.1 Å². The molecule has 0 radical (unpaired) electrons. The molecule has 0 spiro atoms. The summed E-state index contributed by atoms with van der Waals surface area (Å²) in [5.41, 5.74) is -2.86. The van der Waals surface area contributed by atoms with Gasteiger partial charge in [0.25, 0.3) is 0 Å². The molecule has 0 aliphatic rings. The zero-order valence-electron chi connectivity index (χ0n) is 10.8. The number of benzene rings is 2. The largest absolute Gasteiger partial charge is 0.425 e. The van der Waals surface area contributed by atoms with Gasteiger partial charge in [-0.25, -0.2) is 0 Å². The van der Waals surface area contributed by atoms with Gasteiger partial charge in [0.2, 0.25) is 5.60 Å². The van der Waals surface area contributed by atoms with Crippen molar-refractivity contribution >= 4 is 17.7 Å². The lowest BCUT2D eigenvalue weighted by Gasteiger charge is -2.28. The van der Waals surface area contributed by atoms with Crippen molar-refractivity contribution in [2.24, 2.45) is 0 Å². The highest BCUT2D eigenvalue weighted by Gasteiger charge is 2.53. The smallest absolute Gasteiger partial charge is 0.373 e. The average Bonchev–Trinajstić information content (AvgIpc) is 2.44. The predicted molar refractivity (Wildman–Crippen MR) is 76.9 cm³/mol. The van der Waals surface area contributed by atoms with Gasteiger partial charge in [0.15, 0.2) is 0 Å². The van der Waals surface area contributed by atoms with Crippen LogP contribution >= 0.6 is 11.6 Å². The van der Waals surface area contributed by atoms with E-state index >= 15 is 0 Å². The van der Waals surface area contributed by atoms with Crippen molar-refractivity contribution in [2.45, 2.75) is 11.8 Å². The van der Waals surface area contributed by atoms with Crippen molar-refractivity contribution < 1.29 is 18.3 Å². The van der Waals surface area contributed by atoms with Crippen LogP contribution in [0.15, 0.2) is 60.7 Å². The Morgan fingerprint density at radius 3 is 2.19 bits per heavy atom. The van der Waals surface area contributed by atoms with Crippen LogP contribution in [0.2, 0.25) is 5.02 Å². The molecule has 0 aromatic heterocycles. The van der Waals surface area contributed by atoms with Crippen LogP contribution in [-0.4, -0.2) is 11.3 Å². The van der Waals surface area contributed by atoms with E-state index in [-0.39, 0.29) is 10.6 Å². The number of halogens is 4. The second kappa shape index (κ2) is 5.92. The van der Waals surface area contributed by atoms with Crippen LogP contribution in [-0.2, 0) is 5.60 Å². The van der Waals surface area contributed by atoms with Crippen LogP contribution in [0, 0.1) is 0 Å². The van der Waals surface area contributed by atoms with Crippen molar-refractivity contribution in [3.05, 3.63) is 76.8 Å². The number of alkyl halides is 3. The SMILES string of the molecule is OC(C=Cc1ccccc1)(c1cccc(Cl)c1)C(F)(F)F. The van der Waals surface area contributed by atoms with Crippen molar-refractivity contribution in [3.63, 3.8) is 0 Å². The molecule has 110 valence electrons. The molecular formula is C16H12ClF3O. The Morgan fingerprint density at radius 1 is 0.952 bits per heavy atom. The molecule has 0 bridgehead atoms. The first-order valence-corrected chi connectivity index (χ1v) is 6.50. The summed E-state index contributed by atoms with van der Waals surface area (Å²) < 4.78 is 39.8. The fourth-order valence-corrected chi connectivity index (χ4v) is 2.05. The minimum atomic E-state index is -4.86. The first-order valence-electron chi connectivity index (χ1n) is 6.12. The van der Waals surface area contributed by atoms with Gasteiger partial charge in [0.05, 0.1) is 0 Å². The Kier molecular flexibility index (Phi) is 4.40. The average molecular weight is 313 g/mol. The highest BCUT2D eigenvalue weighted by atomic mass is 35.5. The molecule has 0 heterocycles. The molecule has 0 saturated carbocycles. The summed E-state index contributed by atoms with van der Waals surface area (Å²) in [5, 5.41) is 10.3. The summed E-state index contributed by atoms with van der Waals surface area (Å²) >= 11 is 5.72. The van der Waals surface area contributed by atoms with Gasteiger partial charge in [-0.3, -0.25) is 0 Å². The molecule has 2 rings (SSSR count). The van der Waals surface area contributed by atoms with Gasteiger partial charge in [-0.1, -0.05) is 60.1 Å². The molecule has 21 heavy (non-hydrogen) atoms. The quantitative estimate of drug-likeness (QED) is 0.863. The summed E-state index contributed by atoms with van der Waals surface area (Å²) in [4.78, 5) is 0. The van der Waals surface area contributed by atoms with Gasteiger partial charge < -0.3 is 5.11 Å². The summed E-state index contributed by atoms with van der Waals surface area (Å²) in [6.45, 7) is 0. The van der Waals surface area contributed by atoms with E-state index in [4.69, 9.17) is 11.6 Å². The Labute approximate surface area is 125 Å². The van der Waals surface area contributed by atoms with E-state index in [2.05, 4.69) is 0 Å². The Balaban J connectivity index is 2.46. The van der Waals surface area contributed by atoms with E-state index < -0.39 is 11.8 Å². The summed E-state index contributed by atoms with van der Waals surface area (Å²) in [5.74, 6) is 0. The molecular weight excluding hydrogens is 301 g/mol. The maximum absolute atomic E-state index is 13.3. The summed E-state index contributed by atoms with van der Waals surface area (Å²) in [6.07, 6.45) is -2.90. The monoisotopic (exact) mass is 312 g/mol. The summed E-state index contributed by atoms with van der Waals surface area (Å²) in [6, 6.07) is 13.5. The van der Waals surface area contributed by atoms with Crippen LogP contribution in [0.5, 0.6) is 0 Å². The second-order valence-electron chi connectivity index (χ2n) is 4.52. The molecule has 1 N–H and O–H groups in total. The van der Waals surface area contributed by atoms with Gasteiger partial charge in [0.1, 0.15) is 0 Å². The third-order valence-electron chi connectivity index (χ3n) is 3.01. The zero-order valence-corrected chi connectivity index (χ0v) is 11.6. The van der Waals surface area contributed by atoms with Crippen LogP contribution in [0.4, 0.5) is 13.2 Å². The number of rotatable bonds is 3. The van der Waals surface area contributed by atoms with Gasteiger partial charge in [-0.15, -0.1) is 0 Å². The van der Waals surface area contributed by atoms with E-state index in [1.165, 1.54) is 24.3 Å². The molecule has 2 aromatic rings. The lowest BCUT2D eigenvalue weighted by molar-refractivity contribution is -0.244. The third kappa shape index (κ3) is 3.46. The normalized spacial score (nSPS) is 15.1. The molecule has 0 saturated heterocycles. The Hall–Kier alpha value is -1.78. The second-order valence-corrected chi connectivity index (χ2v) is 4.95. The first kappa shape index (κ1) is 15.6.